The first-order valence-electron chi connectivity index (χ1n) is 15.8. The minimum absolute atomic E-state index is 0.118. The van der Waals surface area contributed by atoms with Crippen LogP contribution in [-0.2, 0) is 25.5 Å². The molecular formula is C34H47Cl2N5O5. The second kappa shape index (κ2) is 17.4. The smallest absolute Gasteiger partial charge is 0.408 e. The third-order valence-electron chi connectivity index (χ3n) is 7.05. The standard InChI is InChI=1S/C34H47Cl2N5O5/c1-7-45-32(43)28(21-23(2)3)38-31(42)26(39-33(44)46-34(4,5)6)14-16-30-37-27-22-25(40(19-17-35)20-18-36)13-15-29(27)41(30)24-11-9-8-10-12-24/h8-13,15,22-23,26,28H,7,14,16-21H2,1-6H3,(H,38,42)(H,39,44)/t26-,28-/m0/s1. The average molecular weight is 677 g/mol. The van der Waals surface area contributed by atoms with E-state index in [4.69, 9.17) is 37.7 Å². The van der Waals surface area contributed by atoms with Gasteiger partial charge in [-0.1, -0.05) is 32.0 Å². The Bertz CT molecular complexity index is 1430. The number of rotatable bonds is 16. The number of anilines is 1. The molecular weight excluding hydrogens is 629 g/mol. The second-order valence-corrected chi connectivity index (χ2v) is 13.2. The van der Waals surface area contributed by atoms with E-state index in [0.717, 1.165) is 22.4 Å². The van der Waals surface area contributed by atoms with Crippen molar-refractivity contribution in [3.8, 4) is 5.69 Å². The van der Waals surface area contributed by atoms with Gasteiger partial charge < -0.3 is 25.0 Å². The van der Waals surface area contributed by atoms with Crippen molar-refractivity contribution >= 4 is 57.9 Å². The van der Waals surface area contributed by atoms with Crippen LogP contribution in [0.25, 0.3) is 16.7 Å². The molecule has 10 nitrogen and oxygen atoms in total. The number of amides is 2. The van der Waals surface area contributed by atoms with Crippen LogP contribution in [0.4, 0.5) is 10.5 Å². The quantitative estimate of drug-likeness (QED) is 0.137. The summed E-state index contributed by atoms with van der Waals surface area (Å²) in [5.74, 6) is 0.716. The highest BCUT2D eigenvalue weighted by Gasteiger charge is 2.30. The Hall–Kier alpha value is -3.50. The summed E-state index contributed by atoms with van der Waals surface area (Å²) in [6.07, 6.45) is 0.175. The molecule has 2 aromatic carbocycles. The fourth-order valence-corrected chi connectivity index (χ4v) is 5.52. The van der Waals surface area contributed by atoms with Gasteiger partial charge in [0, 0.05) is 42.6 Å². The molecule has 0 bridgehead atoms. The van der Waals surface area contributed by atoms with Crippen LogP contribution in [-0.4, -0.2) is 76.7 Å². The molecule has 12 heteroatoms. The predicted octanol–water partition coefficient (Wildman–Crippen LogP) is 6.23. The van der Waals surface area contributed by atoms with Crippen LogP contribution >= 0.6 is 23.2 Å². The summed E-state index contributed by atoms with van der Waals surface area (Å²) >= 11 is 12.1. The summed E-state index contributed by atoms with van der Waals surface area (Å²) in [5, 5.41) is 5.54. The zero-order chi connectivity index (χ0) is 33.9. The number of nitrogens with zero attached hydrogens (tertiary/aromatic N) is 3. The number of aromatic nitrogens is 2. The van der Waals surface area contributed by atoms with Crippen molar-refractivity contribution in [2.45, 2.75) is 78.5 Å². The van der Waals surface area contributed by atoms with Crippen LogP contribution < -0.4 is 15.5 Å². The lowest BCUT2D eigenvalue weighted by molar-refractivity contribution is -0.148. The first kappa shape index (κ1) is 37.0. The van der Waals surface area contributed by atoms with Gasteiger partial charge in [-0.05, 0) is 76.8 Å². The molecule has 1 heterocycles. The number of halogens is 2. The number of esters is 1. The number of fused-ring (bicyclic) bond motifs is 1. The monoisotopic (exact) mass is 675 g/mol. The van der Waals surface area contributed by atoms with Gasteiger partial charge in [0.25, 0.3) is 0 Å². The van der Waals surface area contributed by atoms with Gasteiger partial charge in [-0.2, -0.15) is 0 Å². The Morgan fingerprint density at radius 2 is 1.65 bits per heavy atom. The Kier molecular flexibility index (Phi) is 14.0. The molecule has 252 valence electrons. The number of nitrogens with one attached hydrogen (secondary N) is 2. The van der Waals surface area contributed by atoms with Crippen molar-refractivity contribution in [2.75, 3.05) is 36.4 Å². The summed E-state index contributed by atoms with van der Waals surface area (Å²) in [4.78, 5) is 46.4. The zero-order valence-electron chi connectivity index (χ0n) is 27.6. The van der Waals surface area contributed by atoms with Gasteiger partial charge in [-0.25, -0.2) is 14.6 Å². The highest BCUT2D eigenvalue weighted by Crippen LogP contribution is 2.27. The average Bonchev–Trinajstić information content (AvgIpc) is 3.35. The van der Waals surface area contributed by atoms with E-state index in [1.165, 1.54) is 0 Å². The molecule has 0 saturated heterocycles. The predicted molar refractivity (Wildman–Crippen MR) is 184 cm³/mol. The van der Waals surface area contributed by atoms with Gasteiger partial charge in [0.05, 0.1) is 17.6 Å². The third-order valence-corrected chi connectivity index (χ3v) is 7.39. The normalized spacial score (nSPS) is 12.9. The number of alkyl halides is 2. The lowest BCUT2D eigenvalue weighted by atomic mass is 10.0. The number of carbonyl (C=O) groups excluding carboxylic acids is 3. The Labute approximate surface area is 282 Å². The van der Waals surface area contributed by atoms with E-state index in [2.05, 4.69) is 20.1 Å². The van der Waals surface area contributed by atoms with Crippen LogP contribution in [0.15, 0.2) is 48.5 Å². The van der Waals surface area contributed by atoms with Crippen LogP contribution in [0.5, 0.6) is 0 Å². The van der Waals surface area contributed by atoms with Crippen LogP contribution in [0.2, 0.25) is 0 Å². The molecule has 3 aromatic rings. The van der Waals surface area contributed by atoms with Gasteiger partial charge in [0.1, 0.15) is 23.5 Å². The van der Waals surface area contributed by atoms with Crippen molar-refractivity contribution in [3.63, 3.8) is 0 Å². The van der Waals surface area contributed by atoms with Crippen LogP contribution in [0.3, 0.4) is 0 Å². The maximum absolute atomic E-state index is 13.7. The van der Waals surface area contributed by atoms with Gasteiger partial charge in [0.2, 0.25) is 5.91 Å². The molecule has 3 rings (SSSR count). The van der Waals surface area contributed by atoms with Gasteiger partial charge >= 0.3 is 12.1 Å². The van der Waals surface area contributed by atoms with E-state index >= 15 is 0 Å². The van der Waals surface area contributed by atoms with Gasteiger partial charge in [-0.3, -0.25) is 9.36 Å². The number of aryl methyl sites for hydroxylation is 1. The molecule has 46 heavy (non-hydrogen) atoms. The molecule has 0 radical (unpaired) electrons. The van der Waals surface area contributed by atoms with Crippen molar-refractivity contribution in [3.05, 3.63) is 54.4 Å². The molecule has 0 aliphatic carbocycles. The maximum atomic E-state index is 13.7. The molecule has 0 aliphatic heterocycles. The summed E-state index contributed by atoms with van der Waals surface area (Å²) in [5.41, 5.74) is 2.76. The number of para-hydroxylation sites is 1. The SMILES string of the molecule is CCOC(=O)[C@H](CC(C)C)NC(=O)[C@H](CCc1nc2cc(N(CCCl)CCCl)ccc2n1-c1ccccc1)NC(=O)OC(C)(C)C. The number of alkyl carbamates (subject to hydrolysis) is 1. The first-order valence-corrected chi connectivity index (χ1v) is 16.8. The molecule has 0 spiro atoms. The molecule has 1 aromatic heterocycles. The number of hydrogen-bond acceptors (Lipinski definition) is 7. The number of ether oxygens (including phenoxy) is 2. The summed E-state index contributed by atoms with van der Waals surface area (Å²) in [7, 11) is 0. The molecule has 0 aliphatic rings. The van der Waals surface area contributed by atoms with Gasteiger partial charge in [-0.15, -0.1) is 23.2 Å². The van der Waals surface area contributed by atoms with E-state index in [1.807, 2.05) is 62.4 Å². The van der Waals surface area contributed by atoms with E-state index in [0.29, 0.717) is 43.5 Å². The molecule has 0 unspecified atom stereocenters. The summed E-state index contributed by atoms with van der Waals surface area (Å²) in [6, 6.07) is 14.0. The second-order valence-electron chi connectivity index (χ2n) is 12.4. The van der Waals surface area contributed by atoms with Gasteiger partial charge in [0.15, 0.2) is 0 Å². The van der Waals surface area contributed by atoms with E-state index in [-0.39, 0.29) is 18.9 Å². The number of hydrogen-bond donors (Lipinski definition) is 2. The first-order chi connectivity index (χ1) is 21.9. The number of benzene rings is 2. The number of carbonyl (C=O) groups is 3. The van der Waals surface area contributed by atoms with E-state index in [1.54, 1.807) is 27.7 Å². The summed E-state index contributed by atoms with van der Waals surface area (Å²) < 4.78 is 12.7. The van der Waals surface area contributed by atoms with Crippen molar-refractivity contribution < 1.29 is 23.9 Å². The minimum atomic E-state index is -1.01. The largest absolute Gasteiger partial charge is 0.464 e. The molecule has 2 atom stereocenters. The molecule has 2 N–H and O–H groups in total. The Balaban J connectivity index is 1.99. The van der Waals surface area contributed by atoms with Crippen molar-refractivity contribution in [2.24, 2.45) is 5.92 Å². The third kappa shape index (κ3) is 10.8. The highest BCUT2D eigenvalue weighted by atomic mass is 35.5. The zero-order valence-corrected chi connectivity index (χ0v) is 29.2. The molecule has 0 fully saturated rings. The van der Waals surface area contributed by atoms with Crippen molar-refractivity contribution in [1.29, 1.82) is 0 Å². The molecule has 0 saturated carbocycles. The van der Waals surface area contributed by atoms with E-state index < -0.39 is 35.7 Å². The number of imidazole rings is 1. The lowest BCUT2D eigenvalue weighted by Crippen LogP contribution is -2.53. The minimum Gasteiger partial charge on any atom is -0.464 e. The highest BCUT2D eigenvalue weighted by molar-refractivity contribution is 6.18. The Morgan fingerprint density at radius 3 is 2.24 bits per heavy atom. The summed E-state index contributed by atoms with van der Waals surface area (Å²) in [6.45, 7) is 12.4. The maximum Gasteiger partial charge on any atom is 0.408 e. The van der Waals surface area contributed by atoms with Crippen LogP contribution in [0, 0.1) is 5.92 Å². The Morgan fingerprint density at radius 1 is 0.978 bits per heavy atom. The topological polar surface area (TPSA) is 115 Å². The van der Waals surface area contributed by atoms with Crippen LogP contribution in [0.1, 0.15) is 60.2 Å². The van der Waals surface area contributed by atoms with Crippen molar-refractivity contribution in [1.82, 2.24) is 20.2 Å². The van der Waals surface area contributed by atoms with E-state index in [9.17, 15) is 14.4 Å². The fourth-order valence-electron chi connectivity index (χ4n) is 5.11. The fraction of sp³-hybridized carbons (Fsp3) is 0.529. The lowest BCUT2D eigenvalue weighted by Gasteiger charge is -2.25. The molecule has 2 amide bonds.